The topological polar surface area (TPSA) is 55.6 Å². The number of nitrogens with two attached hydrogens (primary N) is 1. The van der Waals surface area contributed by atoms with Gasteiger partial charge in [0.1, 0.15) is 12.4 Å². The zero-order valence-electron chi connectivity index (χ0n) is 10.8. The third-order valence-corrected chi connectivity index (χ3v) is 2.77. The van der Waals surface area contributed by atoms with Crippen LogP contribution in [0.2, 0.25) is 0 Å². The zero-order chi connectivity index (χ0) is 14.3. The summed E-state index contributed by atoms with van der Waals surface area (Å²) in [4.78, 5) is 13.7. The second kappa shape index (κ2) is 7.81. The van der Waals surface area contributed by atoms with Crippen LogP contribution in [0.5, 0.6) is 0 Å². The van der Waals surface area contributed by atoms with Gasteiger partial charge < -0.3 is 15.4 Å². The van der Waals surface area contributed by atoms with Gasteiger partial charge in [0.15, 0.2) is 0 Å². The van der Waals surface area contributed by atoms with E-state index in [0.717, 1.165) is 0 Å². The third-order valence-electron chi connectivity index (χ3n) is 2.57. The number of rotatable bonds is 7. The molecule has 0 aliphatic carbocycles. The number of carbonyl (C=O) groups is 1. The molecule has 0 atom stereocenters. The van der Waals surface area contributed by atoms with Crippen molar-refractivity contribution >= 4 is 23.1 Å². The van der Waals surface area contributed by atoms with Crippen molar-refractivity contribution in [2.24, 2.45) is 5.73 Å². The molecule has 0 bridgehead atoms. The molecule has 6 heteroatoms. The first kappa shape index (κ1) is 15.5. The van der Waals surface area contributed by atoms with Gasteiger partial charge in [0.05, 0.1) is 4.99 Å². The molecule has 0 fully saturated rings. The molecule has 4 nitrogen and oxygen atoms in total. The van der Waals surface area contributed by atoms with Gasteiger partial charge in [-0.15, -0.1) is 0 Å². The minimum atomic E-state index is -0.340. The highest BCUT2D eigenvalue weighted by Crippen LogP contribution is 2.10. The molecule has 0 saturated carbocycles. The molecule has 1 aromatic carbocycles. The van der Waals surface area contributed by atoms with E-state index < -0.39 is 0 Å². The fourth-order valence-corrected chi connectivity index (χ4v) is 1.68. The Bertz CT molecular complexity index is 454. The maximum atomic E-state index is 13.6. The summed E-state index contributed by atoms with van der Waals surface area (Å²) >= 11 is 4.79. The van der Waals surface area contributed by atoms with E-state index in [4.69, 9.17) is 22.7 Å². The van der Waals surface area contributed by atoms with E-state index >= 15 is 0 Å². The number of hydrogen-bond donors (Lipinski definition) is 1. The molecule has 0 aromatic heterocycles. The highest BCUT2D eigenvalue weighted by atomic mass is 32.1. The minimum Gasteiger partial charge on any atom is -0.393 e. The molecule has 1 rings (SSSR count). The molecular formula is C13H17FN2O2S. The maximum Gasteiger partial charge on any atom is 0.248 e. The van der Waals surface area contributed by atoms with Gasteiger partial charge in [-0.25, -0.2) is 4.39 Å². The largest absolute Gasteiger partial charge is 0.393 e. The number of hydrogen-bond acceptors (Lipinski definition) is 3. The molecule has 0 aliphatic heterocycles. The summed E-state index contributed by atoms with van der Waals surface area (Å²) in [6, 6.07) is 6.34. The molecule has 2 N–H and O–H groups in total. The summed E-state index contributed by atoms with van der Waals surface area (Å²) in [6.07, 6.45) is 0.402. The predicted molar refractivity (Wildman–Crippen MR) is 75.1 cm³/mol. The average Bonchev–Trinajstić information content (AvgIpc) is 2.36. The summed E-state index contributed by atoms with van der Waals surface area (Å²) in [5.41, 5.74) is 5.88. The quantitative estimate of drug-likeness (QED) is 0.771. The Kier molecular flexibility index (Phi) is 6.38. The van der Waals surface area contributed by atoms with Gasteiger partial charge >= 0.3 is 0 Å². The van der Waals surface area contributed by atoms with E-state index in [1.54, 1.807) is 18.2 Å². The Morgan fingerprint density at radius 1 is 1.47 bits per heavy atom. The van der Waals surface area contributed by atoms with E-state index in [-0.39, 0.29) is 24.9 Å². The molecule has 0 radical (unpaired) electrons. The van der Waals surface area contributed by atoms with Gasteiger partial charge in [-0.3, -0.25) is 4.79 Å². The Morgan fingerprint density at radius 3 is 2.74 bits per heavy atom. The Hall–Kier alpha value is -1.53. The zero-order valence-corrected chi connectivity index (χ0v) is 11.6. The Morgan fingerprint density at radius 2 is 2.16 bits per heavy atom. The highest BCUT2D eigenvalue weighted by Gasteiger charge is 2.15. The van der Waals surface area contributed by atoms with E-state index in [1.165, 1.54) is 18.1 Å². The molecule has 0 saturated heterocycles. The number of amides is 1. The van der Waals surface area contributed by atoms with Crippen molar-refractivity contribution < 1.29 is 13.9 Å². The van der Waals surface area contributed by atoms with Crippen molar-refractivity contribution in [1.82, 2.24) is 4.90 Å². The highest BCUT2D eigenvalue weighted by molar-refractivity contribution is 7.80. The van der Waals surface area contributed by atoms with E-state index in [2.05, 4.69) is 0 Å². The van der Waals surface area contributed by atoms with E-state index in [9.17, 15) is 9.18 Å². The van der Waals surface area contributed by atoms with Gasteiger partial charge in [0.25, 0.3) is 0 Å². The molecule has 104 valence electrons. The lowest BCUT2D eigenvalue weighted by Crippen LogP contribution is -2.35. The predicted octanol–water partition coefficient (Wildman–Crippen LogP) is 1.48. The molecule has 0 heterocycles. The summed E-state index contributed by atoms with van der Waals surface area (Å²) in [5.74, 6) is -0.560. The Balaban J connectivity index is 2.75. The maximum absolute atomic E-state index is 13.6. The molecule has 1 amide bonds. The Labute approximate surface area is 117 Å². The number of nitrogens with zero attached hydrogens (tertiary/aromatic N) is 1. The monoisotopic (exact) mass is 284 g/mol. The normalized spacial score (nSPS) is 10.2. The lowest BCUT2D eigenvalue weighted by atomic mass is 10.2. The smallest absolute Gasteiger partial charge is 0.248 e. The second-order valence-electron chi connectivity index (χ2n) is 4.06. The number of carbonyl (C=O) groups excluding carboxylic acids is 1. The van der Waals surface area contributed by atoms with Crippen LogP contribution < -0.4 is 5.73 Å². The summed E-state index contributed by atoms with van der Waals surface area (Å²) in [6.45, 7) is 0.481. The first-order valence-electron chi connectivity index (χ1n) is 5.83. The van der Waals surface area contributed by atoms with Crippen LogP contribution in [0.1, 0.15) is 12.0 Å². The number of methoxy groups -OCH3 is 1. The lowest BCUT2D eigenvalue weighted by molar-refractivity contribution is -0.135. The van der Waals surface area contributed by atoms with Crippen LogP contribution in [0.15, 0.2) is 24.3 Å². The fourth-order valence-electron chi connectivity index (χ4n) is 1.58. The molecular weight excluding hydrogens is 267 g/mol. The number of halogens is 1. The van der Waals surface area contributed by atoms with Crippen molar-refractivity contribution in [3.8, 4) is 0 Å². The second-order valence-corrected chi connectivity index (χ2v) is 4.58. The van der Waals surface area contributed by atoms with Crippen molar-refractivity contribution in [3.05, 3.63) is 35.6 Å². The third kappa shape index (κ3) is 5.32. The van der Waals surface area contributed by atoms with Crippen LogP contribution >= 0.6 is 12.2 Å². The van der Waals surface area contributed by atoms with Gasteiger partial charge in [0, 0.05) is 32.2 Å². The standard InChI is InChI=1S/C13H17FN2O2S/c1-18-9-13(17)16(7-6-12(15)19)8-10-4-2-3-5-11(10)14/h2-5H,6-9H2,1H3,(H2,15,19). The molecule has 19 heavy (non-hydrogen) atoms. The summed E-state index contributed by atoms with van der Waals surface area (Å²) < 4.78 is 18.4. The van der Waals surface area contributed by atoms with Gasteiger partial charge in [-0.1, -0.05) is 30.4 Å². The summed E-state index contributed by atoms with van der Waals surface area (Å²) in [5, 5.41) is 0. The molecule has 0 unspecified atom stereocenters. The van der Waals surface area contributed by atoms with Crippen LogP contribution in [0.3, 0.4) is 0 Å². The molecule has 1 aromatic rings. The van der Waals surface area contributed by atoms with Crippen LogP contribution in [0.25, 0.3) is 0 Å². The van der Waals surface area contributed by atoms with Crippen molar-refractivity contribution in [1.29, 1.82) is 0 Å². The minimum absolute atomic E-state index is 0.0498. The van der Waals surface area contributed by atoms with Crippen LogP contribution in [0.4, 0.5) is 4.39 Å². The van der Waals surface area contributed by atoms with E-state index in [1.807, 2.05) is 0 Å². The number of ether oxygens (including phenoxy) is 1. The van der Waals surface area contributed by atoms with Crippen molar-refractivity contribution in [2.75, 3.05) is 20.3 Å². The van der Waals surface area contributed by atoms with Gasteiger partial charge in [-0.2, -0.15) is 0 Å². The van der Waals surface area contributed by atoms with Crippen molar-refractivity contribution in [2.45, 2.75) is 13.0 Å². The van der Waals surface area contributed by atoms with Crippen LogP contribution in [0, 0.1) is 5.82 Å². The fraction of sp³-hybridized carbons (Fsp3) is 0.385. The van der Waals surface area contributed by atoms with Crippen molar-refractivity contribution in [3.63, 3.8) is 0 Å². The average molecular weight is 284 g/mol. The SMILES string of the molecule is COCC(=O)N(CCC(N)=S)Cc1ccccc1F. The number of benzene rings is 1. The molecule has 0 aliphatic rings. The number of thiocarbonyl (C=S) groups is 1. The molecule has 0 spiro atoms. The van der Waals surface area contributed by atoms with E-state index in [0.29, 0.717) is 23.5 Å². The first-order chi connectivity index (χ1) is 9.04. The van der Waals surface area contributed by atoms with Crippen LogP contribution in [-0.4, -0.2) is 36.1 Å². The summed E-state index contributed by atoms with van der Waals surface area (Å²) in [7, 11) is 1.44. The van der Waals surface area contributed by atoms with Crippen LogP contribution in [-0.2, 0) is 16.1 Å². The van der Waals surface area contributed by atoms with Gasteiger partial charge in [-0.05, 0) is 6.07 Å². The lowest BCUT2D eigenvalue weighted by Gasteiger charge is -2.22. The first-order valence-corrected chi connectivity index (χ1v) is 6.24. The van der Waals surface area contributed by atoms with Gasteiger partial charge in [0.2, 0.25) is 5.91 Å².